The fourth-order valence-electron chi connectivity index (χ4n) is 3.01. The summed E-state index contributed by atoms with van der Waals surface area (Å²) >= 11 is 0. The first-order valence-electron chi connectivity index (χ1n) is 8.39. The molecule has 0 aromatic rings. The average molecular weight is 358 g/mol. The number of esters is 1. The molecule has 0 bridgehead atoms. The van der Waals surface area contributed by atoms with Crippen molar-refractivity contribution in [3.8, 4) is 0 Å². The van der Waals surface area contributed by atoms with Crippen molar-refractivity contribution in [2.24, 2.45) is 16.7 Å². The first kappa shape index (κ1) is 21.8. The lowest BCUT2D eigenvalue weighted by atomic mass is 9.60. The van der Waals surface area contributed by atoms with Gasteiger partial charge in [-0.05, 0) is 19.8 Å². The summed E-state index contributed by atoms with van der Waals surface area (Å²) in [4.78, 5) is 25.5. The van der Waals surface area contributed by atoms with Crippen molar-refractivity contribution in [1.82, 2.24) is 0 Å². The normalized spacial score (nSPS) is 29.0. The van der Waals surface area contributed by atoms with Crippen molar-refractivity contribution in [3.05, 3.63) is 12.2 Å². The molecule has 0 saturated carbocycles. The van der Waals surface area contributed by atoms with Gasteiger partial charge < -0.3 is 23.7 Å². The van der Waals surface area contributed by atoms with Crippen LogP contribution < -0.4 is 0 Å². The maximum absolute atomic E-state index is 13.4. The second kappa shape index (κ2) is 10.0. The van der Waals surface area contributed by atoms with E-state index in [1.54, 1.807) is 13.0 Å². The molecule has 1 aliphatic carbocycles. The van der Waals surface area contributed by atoms with Gasteiger partial charge in [-0.2, -0.15) is 0 Å². The minimum Gasteiger partial charge on any atom is -0.466 e. The van der Waals surface area contributed by atoms with Crippen LogP contribution in [0.4, 0.5) is 0 Å². The molecule has 0 aromatic heterocycles. The summed E-state index contributed by atoms with van der Waals surface area (Å²) in [5.41, 5.74) is -1.89. The lowest BCUT2D eigenvalue weighted by molar-refractivity contribution is -0.161. The van der Waals surface area contributed by atoms with Gasteiger partial charge >= 0.3 is 5.97 Å². The fraction of sp³-hybridized carbons (Fsp3) is 0.778. The molecule has 0 N–H and O–H groups in total. The Morgan fingerprint density at radius 1 is 1.16 bits per heavy atom. The van der Waals surface area contributed by atoms with E-state index >= 15 is 0 Å². The SMILES string of the molecule is CCOC(=O)C[C@@]1(COCOC)C=C[C@H](C)[C@](C)(COCOC)C1=O. The number of hydrogen-bond donors (Lipinski definition) is 0. The number of rotatable bonds is 11. The third-order valence-corrected chi connectivity index (χ3v) is 4.61. The van der Waals surface area contributed by atoms with Crippen molar-refractivity contribution in [2.45, 2.75) is 27.2 Å². The Balaban J connectivity index is 3.09. The Labute approximate surface area is 149 Å². The monoisotopic (exact) mass is 358 g/mol. The topological polar surface area (TPSA) is 80.3 Å². The van der Waals surface area contributed by atoms with E-state index in [0.717, 1.165) is 0 Å². The van der Waals surface area contributed by atoms with Crippen molar-refractivity contribution in [3.63, 3.8) is 0 Å². The molecule has 0 saturated heterocycles. The van der Waals surface area contributed by atoms with Gasteiger partial charge in [-0.15, -0.1) is 0 Å². The van der Waals surface area contributed by atoms with Gasteiger partial charge in [-0.25, -0.2) is 0 Å². The van der Waals surface area contributed by atoms with Crippen LogP contribution in [0.5, 0.6) is 0 Å². The molecule has 3 atom stereocenters. The van der Waals surface area contributed by atoms with E-state index < -0.39 is 16.8 Å². The van der Waals surface area contributed by atoms with Gasteiger partial charge in [-0.3, -0.25) is 9.59 Å². The summed E-state index contributed by atoms with van der Waals surface area (Å²) < 4.78 is 25.8. The van der Waals surface area contributed by atoms with E-state index in [9.17, 15) is 9.59 Å². The van der Waals surface area contributed by atoms with Crippen molar-refractivity contribution < 1.29 is 33.3 Å². The van der Waals surface area contributed by atoms with E-state index in [4.69, 9.17) is 23.7 Å². The van der Waals surface area contributed by atoms with Crippen LogP contribution in [0.3, 0.4) is 0 Å². The third kappa shape index (κ3) is 5.34. The highest BCUT2D eigenvalue weighted by Gasteiger charge is 2.53. The van der Waals surface area contributed by atoms with Crippen molar-refractivity contribution >= 4 is 11.8 Å². The summed E-state index contributed by atoms with van der Waals surface area (Å²) in [6.45, 7) is 6.17. The lowest BCUT2D eigenvalue weighted by Gasteiger charge is -2.44. The molecule has 0 aromatic carbocycles. The second-order valence-electron chi connectivity index (χ2n) is 6.54. The zero-order chi connectivity index (χ0) is 18.9. The smallest absolute Gasteiger partial charge is 0.307 e. The maximum atomic E-state index is 13.4. The lowest BCUT2D eigenvalue weighted by Crippen LogP contribution is -2.52. The second-order valence-corrected chi connectivity index (χ2v) is 6.54. The molecule has 0 amide bonds. The van der Waals surface area contributed by atoms with E-state index in [0.29, 0.717) is 0 Å². The Kier molecular flexibility index (Phi) is 8.71. The molecule has 1 aliphatic rings. The molecule has 7 nitrogen and oxygen atoms in total. The van der Waals surface area contributed by atoms with Gasteiger partial charge in [0, 0.05) is 14.2 Å². The van der Waals surface area contributed by atoms with Gasteiger partial charge in [0.25, 0.3) is 0 Å². The largest absolute Gasteiger partial charge is 0.466 e. The average Bonchev–Trinajstić information content (AvgIpc) is 2.57. The van der Waals surface area contributed by atoms with Gasteiger partial charge in [0.05, 0.1) is 37.1 Å². The standard InChI is InChI=1S/C18H30O7/c1-6-25-15(19)9-18(11-24-13-22-5)8-7-14(2)17(3,16(18)20)10-23-12-21-4/h7-8,14H,6,9-13H2,1-5H3/t14-,17-,18+/m0/s1. The number of hydrogen-bond acceptors (Lipinski definition) is 7. The summed E-state index contributed by atoms with van der Waals surface area (Å²) in [7, 11) is 3.03. The van der Waals surface area contributed by atoms with Gasteiger partial charge in [0.15, 0.2) is 5.78 Å². The predicted octanol–water partition coefficient (Wildman–Crippen LogP) is 1.95. The number of ether oxygens (including phenoxy) is 5. The molecule has 144 valence electrons. The Morgan fingerprint density at radius 3 is 2.32 bits per heavy atom. The highest BCUT2D eigenvalue weighted by molar-refractivity contribution is 5.96. The quantitative estimate of drug-likeness (QED) is 0.242. The number of Topliss-reactive ketones (excluding diaryl/α,β-unsaturated/α-hetero) is 1. The molecule has 0 radical (unpaired) electrons. The molecule has 7 heteroatoms. The van der Waals surface area contributed by atoms with E-state index in [1.165, 1.54) is 14.2 Å². The van der Waals surface area contributed by atoms with Crippen LogP contribution in [0, 0.1) is 16.7 Å². The number of ketones is 1. The van der Waals surface area contributed by atoms with E-state index in [2.05, 4.69) is 0 Å². The summed E-state index contributed by atoms with van der Waals surface area (Å²) in [5, 5.41) is 0. The Bertz CT molecular complexity index is 476. The molecular weight excluding hydrogens is 328 g/mol. The maximum Gasteiger partial charge on any atom is 0.307 e. The zero-order valence-corrected chi connectivity index (χ0v) is 15.8. The Hall–Kier alpha value is -1.28. The van der Waals surface area contributed by atoms with Crippen LogP contribution in [0.1, 0.15) is 27.2 Å². The van der Waals surface area contributed by atoms with Crippen LogP contribution in [-0.4, -0.2) is 59.4 Å². The van der Waals surface area contributed by atoms with E-state index in [1.807, 2.05) is 19.9 Å². The van der Waals surface area contributed by atoms with Gasteiger partial charge in [0.1, 0.15) is 13.6 Å². The van der Waals surface area contributed by atoms with Gasteiger partial charge in [-0.1, -0.05) is 19.1 Å². The number of carbonyl (C=O) groups is 2. The minimum absolute atomic E-state index is 0.0398. The van der Waals surface area contributed by atoms with Crippen LogP contribution in [-0.2, 0) is 33.3 Å². The first-order chi connectivity index (χ1) is 11.9. The number of carbonyl (C=O) groups excluding carboxylic acids is 2. The summed E-state index contributed by atoms with van der Waals surface area (Å²) in [6.07, 6.45) is 3.63. The summed E-state index contributed by atoms with van der Waals surface area (Å²) in [6, 6.07) is 0. The predicted molar refractivity (Wildman–Crippen MR) is 90.8 cm³/mol. The van der Waals surface area contributed by atoms with Crippen molar-refractivity contribution in [2.75, 3.05) is 47.6 Å². The molecule has 0 heterocycles. The van der Waals surface area contributed by atoms with Crippen LogP contribution in [0.2, 0.25) is 0 Å². The molecule has 0 aliphatic heterocycles. The molecule has 0 fully saturated rings. The molecule has 25 heavy (non-hydrogen) atoms. The van der Waals surface area contributed by atoms with E-state index in [-0.39, 0.29) is 51.5 Å². The zero-order valence-electron chi connectivity index (χ0n) is 15.8. The first-order valence-corrected chi connectivity index (χ1v) is 8.39. The van der Waals surface area contributed by atoms with Crippen LogP contribution in [0.15, 0.2) is 12.2 Å². The third-order valence-electron chi connectivity index (χ3n) is 4.61. The van der Waals surface area contributed by atoms with Gasteiger partial charge in [0.2, 0.25) is 0 Å². The number of methoxy groups -OCH3 is 2. The van der Waals surface area contributed by atoms with Crippen molar-refractivity contribution in [1.29, 1.82) is 0 Å². The number of allylic oxidation sites excluding steroid dienone is 1. The molecular formula is C18H30O7. The Morgan fingerprint density at radius 2 is 1.76 bits per heavy atom. The highest BCUT2D eigenvalue weighted by Crippen LogP contribution is 2.45. The highest BCUT2D eigenvalue weighted by atomic mass is 16.7. The minimum atomic E-state index is -1.09. The van der Waals surface area contributed by atoms with Crippen LogP contribution >= 0.6 is 0 Å². The molecule has 0 unspecified atom stereocenters. The molecule has 1 rings (SSSR count). The summed E-state index contributed by atoms with van der Waals surface area (Å²) in [5.74, 6) is -0.582. The molecule has 0 spiro atoms. The fourth-order valence-corrected chi connectivity index (χ4v) is 3.01. The van der Waals surface area contributed by atoms with Crippen LogP contribution in [0.25, 0.3) is 0 Å².